The summed E-state index contributed by atoms with van der Waals surface area (Å²) in [5.74, 6) is -0.656. The smallest absolute Gasteiger partial charge is 0.310 e. The van der Waals surface area contributed by atoms with Gasteiger partial charge < -0.3 is 10.1 Å². The number of benzene rings is 2. The molecule has 0 saturated heterocycles. The number of nitrogens with one attached hydrogen (secondary N) is 1. The van der Waals surface area contributed by atoms with E-state index in [1.54, 1.807) is 0 Å². The Morgan fingerprint density at radius 1 is 1.14 bits per heavy atom. The lowest BCUT2D eigenvalue weighted by molar-refractivity contribution is -0.148. The highest BCUT2D eigenvalue weighted by atomic mass is 16.5. The molecule has 1 amide bonds. The zero-order chi connectivity index (χ0) is 15.9. The number of ether oxygens (including phenoxy) is 1. The summed E-state index contributed by atoms with van der Waals surface area (Å²) in [7, 11) is 0. The third-order valence-corrected chi connectivity index (χ3v) is 3.60. The number of hydrogen-bond donors (Lipinski definition) is 1. The fourth-order valence-electron chi connectivity index (χ4n) is 2.22. The first-order valence-corrected chi connectivity index (χ1v) is 7.51. The first-order chi connectivity index (χ1) is 10.6. The summed E-state index contributed by atoms with van der Waals surface area (Å²) in [5.41, 5.74) is 0.908. The Hall–Kier alpha value is -2.36. The van der Waals surface area contributed by atoms with Gasteiger partial charge in [-0.15, -0.1) is 0 Å². The molecule has 2 rings (SSSR count). The van der Waals surface area contributed by atoms with Gasteiger partial charge in [-0.05, 0) is 29.7 Å². The Bertz CT molecular complexity index is 661. The Labute approximate surface area is 130 Å². The number of amides is 1. The summed E-state index contributed by atoms with van der Waals surface area (Å²) in [6, 6.07) is 13.8. The Morgan fingerprint density at radius 3 is 2.64 bits per heavy atom. The van der Waals surface area contributed by atoms with E-state index in [1.807, 2.05) is 56.3 Å². The van der Waals surface area contributed by atoms with E-state index in [0.29, 0.717) is 0 Å². The maximum Gasteiger partial charge on any atom is 0.310 e. The molecule has 0 aliphatic carbocycles. The molecular formula is C18H21NO3. The van der Waals surface area contributed by atoms with Crippen molar-refractivity contribution in [3.8, 4) is 0 Å². The molecule has 0 saturated carbocycles. The minimum Gasteiger partial charge on any atom is -0.455 e. The lowest BCUT2D eigenvalue weighted by Crippen LogP contribution is -2.35. The van der Waals surface area contributed by atoms with Crippen LogP contribution in [0.5, 0.6) is 0 Å². The zero-order valence-corrected chi connectivity index (χ0v) is 13.0. The molecule has 0 radical (unpaired) electrons. The van der Waals surface area contributed by atoms with Gasteiger partial charge >= 0.3 is 5.97 Å². The van der Waals surface area contributed by atoms with Gasteiger partial charge in [0.25, 0.3) is 5.91 Å². The van der Waals surface area contributed by atoms with Crippen LogP contribution >= 0.6 is 0 Å². The largest absolute Gasteiger partial charge is 0.455 e. The number of hydrogen-bond acceptors (Lipinski definition) is 3. The molecule has 0 aromatic heterocycles. The highest BCUT2D eigenvalue weighted by molar-refractivity contribution is 5.89. The maximum atomic E-state index is 11.9. The van der Waals surface area contributed by atoms with Gasteiger partial charge in [0.05, 0.1) is 6.42 Å². The van der Waals surface area contributed by atoms with E-state index in [9.17, 15) is 9.59 Å². The maximum absolute atomic E-state index is 11.9. The van der Waals surface area contributed by atoms with Crippen LogP contribution < -0.4 is 5.32 Å². The van der Waals surface area contributed by atoms with Crippen LogP contribution in [0.25, 0.3) is 10.8 Å². The molecule has 1 atom stereocenters. The number of rotatable bonds is 6. The van der Waals surface area contributed by atoms with E-state index in [1.165, 1.54) is 0 Å². The molecule has 2 aromatic carbocycles. The van der Waals surface area contributed by atoms with Gasteiger partial charge in [-0.25, -0.2) is 0 Å². The van der Waals surface area contributed by atoms with Gasteiger partial charge in [0, 0.05) is 6.04 Å². The fourth-order valence-corrected chi connectivity index (χ4v) is 2.22. The first-order valence-electron chi connectivity index (χ1n) is 7.51. The third-order valence-electron chi connectivity index (χ3n) is 3.60. The van der Waals surface area contributed by atoms with Crippen LogP contribution in [0.2, 0.25) is 0 Å². The van der Waals surface area contributed by atoms with Gasteiger partial charge in [0.1, 0.15) is 0 Å². The molecule has 0 bridgehead atoms. The van der Waals surface area contributed by atoms with E-state index in [-0.39, 0.29) is 25.0 Å². The van der Waals surface area contributed by atoms with E-state index in [2.05, 4.69) is 5.32 Å². The van der Waals surface area contributed by atoms with Crippen molar-refractivity contribution < 1.29 is 14.3 Å². The molecule has 0 aliphatic rings. The first kappa shape index (κ1) is 16.0. The molecule has 0 spiro atoms. The predicted octanol–water partition coefficient (Wildman–Crippen LogP) is 2.84. The lowest BCUT2D eigenvalue weighted by Gasteiger charge is -2.11. The zero-order valence-electron chi connectivity index (χ0n) is 13.0. The summed E-state index contributed by atoms with van der Waals surface area (Å²) in [4.78, 5) is 23.5. The molecule has 1 N–H and O–H groups in total. The van der Waals surface area contributed by atoms with Crippen molar-refractivity contribution in [2.24, 2.45) is 0 Å². The van der Waals surface area contributed by atoms with Gasteiger partial charge in [-0.3, -0.25) is 9.59 Å². The van der Waals surface area contributed by atoms with E-state index in [4.69, 9.17) is 4.74 Å². The van der Waals surface area contributed by atoms with E-state index in [0.717, 1.165) is 22.8 Å². The highest BCUT2D eigenvalue weighted by Gasteiger charge is 2.11. The van der Waals surface area contributed by atoms with Crippen LogP contribution in [0.1, 0.15) is 25.8 Å². The molecule has 0 fully saturated rings. The van der Waals surface area contributed by atoms with Crippen LogP contribution in [0, 0.1) is 0 Å². The van der Waals surface area contributed by atoms with Crippen molar-refractivity contribution in [1.29, 1.82) is 0 Å². The van der Waals surface area contributed by atoms with E-state index < -0.39 is 5.97 Å². The molecule has 4 heteroatoms. The monoisotopic (exact) mass is 299 g/mol. The third kappa shape index (κ3) is 4.32. The van der Waals surface area contributed by atoms with Crippen molar-refractivity contribution in [1.82, 2.24) is 5.32 Å². The van der Waals surface area contributed by atoms with Gasteiger partial charge in [0.2, 0.25) is 0 Å². The van der Waals surface area contributed by atoms with Crippen molar-refractivity contribution in [2.45, 2.75) is 32.7 Å². The van der Waals surface area contributed by atoms with Crippen molar-refractivity contribution in [2.75, 3.05) is 6.61 Å². The van der Waals surface area contributed by atoms with Crippen molar-refractivity contribution in [3.63, 3.8) is 0 Å². The summed E-state index contributed by atoms with van der Waals surface area (Å²) in [6.07, 6.45) is 1.01. The molecule has 116 valence electrons. The SMILES string of the molecule is CC[C@@H](C)NC(=O)COC(=O)Cc1cccc2ccccc12. The minimum atomic E-state index is -0.393. The van der Waals surface area contributed by atoms with Gasteiger partial charge in [-0.1, -0.05) is 49.4 Å². The average molecular weight is 299 g/mol. The lowest BCUT2D eigenvalue weighted by atomic mass is 10.0. The summed E-state index contributed by atoms with van der Waals surface area (Å²) >= 11 is 0. The molecule has 0 aliphatic heterocycles. The average Bonchev–Trinajstić information content (AvgIpc) is 2.53. The van der Waals surface area contributed by atoms with E-state index >= 15 is 0 Å². The molecule has 0 heterocycles. The van der Waals surface area contributed by atoms with Crippen molar-refractivity contribution >= 4 is 22.6 Å². The highest BCUT2D eigenvalue weighted by Crippen LogP contribution is 2.19. The van der Waals surface area contributed by atoms with Crippen LogP contribution in [-0.4, -0.2) is 24.5 Å². The topological polar surface area (TPSA) is 55.4 Å². The summed E-state index contributed by atoms with van der Waals surface area (Å²) in [5, 5.41) is 4.88. The molecule has 2 aromatic rings. The Morgan fingerprint density at radius 2 is 1.86 bits per heavy atom. The number of fused-ring (bicyclic) bond motifs is 1. The molecule has 4 nitrogen and oxygen atoms in total. The summed E-state index contributed by atoms with van der Waals surface area (Å²) < 4.78 is 5.05. The second kappa shape index (κ2) is 7.59. The molecule has 0 unspecified atom stereocenters. The Balaban J connectivity index is 1.93. The van der Waals surface area contributed by atoms with Crippen LogP contribution in [0.3, 0.4) is 0 Å². The Kier molecular flexibility index (Phi) is 5.53. The minimum absolute atomic E-state index is 0.0873. The van der Waals surface area contributed by atoms with Crippen LogP contribution in [0.15, 0.2) is 42.5 Å². The summed E-state index contributed by atoms with van der Waals surface area (Å²) in [6.45, 7) is 3.67. The van der Waals surface area contributed by atoms with Crippen molar-refractivity contribution in [3.05, 3.63) is 48.0 Å². The molecule has 22 heavy (non-hydrogen) atoms. The quantitative estimate of drug-likeness (QED) is 0.834. The normalized spacial score (nSPS) is 11.9. The van der Waals surface area contributed by atoms with Gasteiger partial charge in [-0.2, -0.15) is 0 Å². The second-order valence-electron chi connectivity index (χ2n) is 5.35. The van der Waals surface area contributed by atoms with Crippen LogP contribution in [0.4, 0.5) is 0 Å². The predicted molar refractivity (Wildman–Crippen MR) is 86.5 cm³/mol. The van der Waals surface area contributed by atoms with Crippen LogP contribution in [-0.2, 0) is 20.7 Å². The number of carbonyl (C=O) groups excluding carboxylic acids is 2. The number of carbonyl (C=O) groups is 2. The standard InChI is InChI=1S/C18H21NO3/c1-3-13(2)19-17(20)12-22-18(21)11-15-9-6-8-14-7-4-5-10-16(14)15/h4-10,13H,3,11-12H2,1-2H3,(H,19,20)/t13-/m1/s1. The molecular weight excluding hydrogens is 278 g/mol. The second-order valence-corrected chi connectivity index (χ2v) is 5.35. The number of esters is 1. The fraction of sp³-hybridized carbons (Fsp3) is 0.333. The van der Waals surface area contributed by atoms with Gasteiger partial charge in [0.15, 0.2) is 6.61 Å².